The van der Waals surface area contributed by atoms with E-state index in [9.17, 15) is 10.1 Å². The molecule has 9 heteroatoms. The van der Waals surface area contributed by atoms with Gasteiger partial charge in [0.2, 0.25) is 0 Å². The third kappa shape index (κ3) is 5.81. The van der Waals surface area contributed by atoms with Gasteiger partial charge in [-0.1, -0.05) is 33.1 Å². The molecule has 1 unspecified atom stereocenters. The molecule has 0 bridgehead atoms. The monoisotopic (exact) mass is 475 g/mol. The minimum atomic E-state index is -0.445. The highest BCUT2D eigenvalue weighted by molar-refractivity contribution is 5.74. The van der Waals surface area contributed by atoms with Gasteiger partial charge in [-0.15, -0.1) is 0 Å². The Bertz CT molecular complexity index is 1220. The van der Waals surface area contributed by atoms with E-state index < -0.39 is 4.92 Å². The lowest BCUT2D eigenvalue weighted by Crippen LogP contribution is -2.35. The summed E-state index contributed by atoms with van der Waals surface area (Å²) in [5.41, 5.74) is 4.43. The molecule has 1 atom stereocenters. The number of para-hydroxylation sites is 2. The fourth-order valence-electron chi connectivity index (χ4n) is 4.48. The number of hydrogen-bond acceptors (Lipinski definition) is 7. The summed E-state index contributed by atoms with van der Waals surface area (Å²) in [4.78, 5) is 29.9. The molecule has 4 aromatic rings. The van der Waals surface area contributed by atoms with E-state index in [-0.39, 0.29) is 26.6 Å². The van der Waals surface area contributed by atoms with Crippen LogP contribution in [0, 0.1) is 10.1 Å². The average Bonchev–Trinajstić information content (AvgIpc) is 3.26. The molecule has 2 N–H and O–H groups in total. The number of nitrogens with one attached hydrogen (secondary N) is 2. The van der Waals surface area contributed by atoms with Gasteiger partial charge in [-0.3, -0.25) is 20.0 Å². The van der Waals surface area contributed by atoms with E-state index in [0.717, 1.165) is 48.4 Å². The maximum atomic E-state index is 10.9. The van der Waals surface area contributed by atoms with Gasteiger partial charge in [0, 0.05) is 25.4 Å². The lowest BCUT2D eigenvalue weighted by Gasteiger charge is -2.34. The number of H-pyrrole nitrogens is 1. The van der Waals surface area contributed by atoms with Gasteiger partial charge in [0.15, 0.2) is 0 Å². The van der Waals surface area contributed by atoms with Gasteiger partial charge in [-0.2, -0.15) is 0 Å². The van der Waals surface area contributed by atoms with Crippen molar-refractivity contribution in [2.45, 2.75) is 46.7 Å². The highest BCUT2D eigenvalue weighted by Gasteiger charge is 2.27. The zero-order chi connectivity index (χ0) is 22.6. The topological polar surface area (TPSA) is 113 Å². The van der Waals surface area contributed by atoms with Crippen molar-refractivity contribution in [1.29, 1.82) is 0 Å². The molecular weight excluding hydrogens is 442 g/mol. The molecule has 184 valence electrons. The number of imidazole rings is 1. The van der Waals surface area contributed by atoms with E-state index in [1.807, 2.05) is 36.5 Å². The number of hydrogen-bond donors (Lipinski definition) is 2. The fraction of sp³-hybridized carbons (Fsp3) is 0.346. The molecule has 0 saturated carbocycles. The maximum absolute atomic E-state index is 10.9. The Morgan fingerprint density at radius 3 is 2.74 bits per heavy atom. The van der Waals surface area contributed by atoms with Crippen LogP contribution in [0.4, 0.5) is 11.5 Å². The zero-order valence-corrected chi connectivity index (χ0v) is 18.1. The van der Waals surface area contributed by atoms with Crippen LogP contribution in [0.1, 0.15) is 50.8 Å². The number of fused-ring (bicyclic) bond motifs is 2. The van der Waals surface area contributed by atoms with Crippen LogP contribution in [0.15, 0.2) is 60.9 Å². The van der Waals surface area contributed by atoms with Crippen molar-refractivity contribution in [2.75, 3.05) is 18.4 Å². The number of nitro groups is 1. The smallest absolute Gasteiger partial charge is 0.287 e. The summed E-state index contributed by atoms with van der Waals surface area (Å²) < 4.78 is 0. The van der Waals surface area contributed by atoms with Crippen LogP contribution in [0.5, 0.6) is 0 Å². The largest absolute Gasteiger partial charge is 0.369 e. The molecule has 9 nitrogen and oxygen atoms in total. The summed E-state index contributed by atoms with van der Waals surface area (Å²) in [5.74, 6) is 1.54. The summed E-state index contributed by atoms with van der Waals surface area (Å²) in [5, 5.41) is 14.1. The molecule has 3 aromatic heterocycles. The van der Waals surface area contributed by atoms with Crippen molar-refractivity contribution < 1.29 is 4.92 Å². The molecule has 1 aliphatic rings. The summed E-state index contributed by atoms with van der Waals surface area (Å²) >= 11 is 0. The Kier molecular flexibility index (Phi) is 8.48. The van der Waals surface area contributed by atoms with Crippen LogP contribution in [0.2, 0.25) is 0 Å². The molecule has 0 spiro atoms. The van der Waals surface area contributed by atoms with Gasteiger partial charge in [0.05, 0.1) is 34.2 Å². The molecule has 5 rings (SSSR count). The van der Waals surface area contributed by atoms with Gasteiger partial charge in [-0.05, 0) is 49.1 Å². The Balaban J connectivity index is 0.00000171. The molecule has 1 aromatic carbocycles. The van der Waals surface area contributed by atoms with Crippen molar-refractivity contribution in [3.63, 3.8) is 0 Å². The van der Waals surface area contributed by atoms with E-state index in [2.05, 4.69) is 26.3 Å². The number of rotatable bonds is 8. The molecule has 0 radical (unpaired) electrons. The summed E-state index contributed by atoms with van der Waals surface area (Å²) in [6, 6.07) is 15.5. The first-order valence-electron chi connectivity index (χ1n) is 11.1. The Labute approximate surface area is 205 Å². The average molecular weight is 476 g/mol. The summed E-state index contributed by atoms with van der Waals surface area (Å²) in [6.07, 6.45) is 6.37. The van der Waals surface area contributed by atoms with Gasteiger partial charge in [-0.25, -0.2) is 9.97 Å². The van der Waals surface area contributed by atoms with Gasteiger partial charge >= 0.3 is 0 Å². The second-order valence-electron chi connectivity index (χ2n) is 8.21. The fourth-order valence-corrected chi connectivity index (χ4v) is 4.48. The standard InChI is InChI=1S/C24H25N7O2.2CH4/c32-31(33)18-10-11-22(27-15-18)25-13-14-30(16-23-28-19-7-1-2-8-20(19)29-23)21-9-3-5-17-6-4-12-26-24(17)21;;/h1-2,4,6-8,10-12,15,21H,3,5,9,13-14,16H2,(H,25,27)(H,28,29);2*1H4. The Morgan fingerprint density at radius 2 is 1.97 bits per heavy atom. The Hall–Kier alpha value is -3.85. The number of anilines is 1. The number of aromatic amines is 1. The van der Waals surface area contributed by atoms with Crippen LogP contribution < -0.4 is 5.32 Å². The number of pyridine rings is 2. The van der Waals surface area contributed by atoms with Crippen LogP contribution in [-0.2, 0) is 13.0 Å². The third-order valence-corrected chi connectivity index (χ3v) is 6.06. The molecule has 0 saturated heterocycles. The van der Waals surface area contributed by atoms with Crippen LogP contribution in [0.25, 0.3) is 11.0 Å². The second-order valence-corrected chi connectivity index (χ2v) is 8.21. The molecule has 0 fully saturated rings. The third-order valence-electron chi connectivity index (χ3n) is 6.06. The van der Waals surface area contributed by atoms with E-state index in [0.29, 0.717) is 18.9 Å². The minimum Gasteiger partial charge on any atom is -0.369 e. The van der Waals surface area contributed by atoms with E-state index in [4.69, 9.17) is 9.97 Å². The van der Waals surface area contributed by atoms with Crippen molar-refractivity contribution in [3.8, 4) is 0 Å². The predicted octanol–water partition coefficient (Wildman–Crippen LogP) is 5.53. The van der Waals surface area contributed by atoms with E-state index >= 15 is 0 Å². The molecule has 35 heavy (non-hydrogen) atoms. The number of aromatic nitrogens is 4. The zero-order valence-electron chi connectivity index (χ0n) is 18.1. The highest BCUT2D eigenvalue weighted by atomic mass is 16.6. The molecule has 3 heterocycles. The minimum absolute atomic E-state index is 0. The van der Waals surface area contributed by atoms with Gasteiger partial charge < -0.3 is 10.3 Å². The number of benzene rings is 1. The van der Waals surface area contributed by atoms with Crippen molar-refractivity contribution in [2.24, 2.45) is 0 Å². The summed E-state index contributed by atoms with van der Waals surface area (Å²) in [7, 11) is 0. The lowest BCUT2D eigenvalue weighted by molar-refractivity contribution is -0.385. The van der Waals surface area contributed by atoms with E-state index in [1.165, 1.54) is 17.8 Å². The van der Waals surface area contributed by atoms with Crippen molar-refractivity contribution in [1.82, 2.24) is 24.8 Å². The first-order chi connectivity index (χ1) is 16.2. The number of nitrogens with zero attached hydrogens (tertiary/aromatic N) is 5. The number of aryl methyl sites for hydroxylation is 1. The first kappa shape index (κ1) is 25.8. The first-order valence-corrected chi connectivity index (χ1v) is 11.1. The van der Waals surface area contributed by atoms with Gasteiger partial charge in [0.1, 0.15) is 17.8 Å². The molecule has 0 aliphatic heterocycles. The van der Waals surface area contributed by atoms with Crippen LogP contribution in [0.3, 0.4) is 0 Å². The lowest BCUT2D eigenvalue weighted by atomic mass is 9.91. The molecule has 0 amide bonds. The summed E-state index contributed by atoms with van der Waals surface area (Å²) in [6.45, 7) is 2.06. The second kappa shape index (κ2) is 11.5. The quantitative estimate of drug-likeness (QED) is 0.255. The van der Waals surface area contributed by atoms with Crippen LogP contribution in [-0.4, -0.2) is 42.8 Å². The van der Waals surface area contributed by atoms with Crippen molar-refractivity contribution >= 4 is 22.5 Å². The highest BCUT2D eigenvalue weighted by Crippen LogP contribution is 2.33. The maximum Gasteiger partial charge on any atom is 0.287 e. The molecular formula is C26H33N7O2. The van der Waals surface area contributed by atoms with E-state index in [1.54, 1.807) is 6.07 Å². The van der Waals surface area contributed by atoms with Crippen LogP contribution >= 0.6 is 0 Å². The normalized spacial score (nSPS) is 14.6. The van der Waals surface area contributed by atoms with Gasteiger partial charge in [0.25, 0.3) is 5.69 Å². The SMILES string of the molecule is C.C.O=[N+]([O-])c1ccc(NCCN(Cc2nc3ccccc3[nH]2)C2CCCc3cccnc32)nc1. The molecule has 1 aliphatic carbocycles. The predicted molar refractivity (Wildman–Crippen MR) is 139 cm³/mol. The Morgan fingerprint density at radius 1 is 1.11 bits per heavy atom. The van der Waals surface area contributed by atoms with Crippen molar-refractivity contribution in [3.05, 3.63) is 88.1 Å².